The molecular formula is C33H35N3O6S. The molecule has 1 saturated heterocycles. The number of anilines is 2. The van der Waals surface area contributed by atoms with Crippen LogP contribution >= 0.6 is 0 Å². The van der Waals surface area contributed by atoms with E-state index in [4.69, 9.17) is 4.74 Å². The number of aliphatic hydroxyl groups is 1. The molecule has 1 heterocycles. The standard InChI is InChI=1S/C33H35N3O6S/c1-3-42-33(39)35-20-19-30(25(21-35)22-37)36(43(40,41)31-14-8-11-24-10-5-7-13-29(24)31)27-17-15-26(16-18-27)34-32(38)28-12-6-4-9-23(28)2/h4-18,25,30,37H,3,19-22H2,1-2H3,(H,34,38). The Morgan fingerprint density at radius 2 is 1.67 bits per heavy atom. The van der Waals surface area contributed by atoms with Crippen LogP contribution in [0, 0.1) is 12.8 Å². The number of carbonyl (C=O) groups excluding carboxylic acids is 2. The summed E-state index contributed by atoms with van der Waals surface area (Å²) in [4.78, 5) is 27.0. The average Bonchev–Trinajstić information content (AvgIpc) is 3.02. The predicted octanol–water partition coefficient (Wildman–Crippen LogP) is 5.44. The van der Waals surface area contributed by atoms with E-state index in [-0.39, 0.29) is 37.1 Å². The summed E-state index contributed by atoms with van der Waals surface area (Å²) in [5.41, 5.74) is 2.28. The van der Waals surface area contributed by atoms with Crippen LogP contribution in [0.1, 0.15) is 29.3 Å². The Bertz CT molecular complexity index is 1720. The van der Waals surface area contributed by atoms with Gasteiger partial charge in [-0.05, 0) is 67.6 Å². The number of aliphatic hydroxyl groups excluding tert-OH is 1. The van der Waals surface area contributed by atoms with E-state index in [0.29, 0.717) is 28.7 Å². The molecule has 0 radical (unpaired) electrons. The van der Waals surface area contributed by atoms with Gasteiger partial charge >= 0.3 is 6.09 Å². The zero-order chi connectivity index (χ0) is 30.6. The van der Waals surface area contributed by atoms with E-state index in [0.717, 1.165) is 10.9 Å². The maximum Gasteiger partial charge on any atom is 0.409 e. The quantitative estimate of drug-likeness (QED) is 0.278. The molecule has 0 aromatic heterocycles. The van der Waals surface area contributed by atoms with Crippen LogP contribution in [0.25, 0.3) is 10.8 Å². The topological polar surface area (TPSA) is 116 Å². The lowest BCUT2D eigenvalue weighted by Gasteiger charge is -2.43. The third kappa shape index (κ3) is 6.21. The fraction of sp³-hybridized carbons (Fsp3) is 0.273. The molecule has 2 N–H and O–H groups in total. The van der Waals surface area contributed by atoms with Gasteiger partial charge in [0.1, 0.15) is 0 Å². The van der Waals surface area contributed by atoms with Crippen molar-refractivity contribution in [1.29, 1.82) is 0 Å². The lowest BCUT2D eigenvalue weighted by atomic mass is 9.92. The van der Waals surface area contributed by atoms with Crippen molar-refractivity contribution >= 4 is 44.2 Å². The number of hydrogen-bond donors (Lipinski definition) is 2. The van der Waals surface area contributed by atoms with Gasteiger partial charge in [0, 0.05) is 42.3 Å². The van der Waals surface area contributed by atoms with Gasteiger partial charge in [-0.1, -0.05) is 54.6 Å². The number of ether oxygens (including phenoxy) is 1. The Kier molecular flexibility index (Phi) is 8.98. The third-order valence-corrected chi connectivity index (χ3v) is 9.72. The molecule has 2 unspecified atom stereocenters. The minimum atomic E-state index is -4.16. The largest absolute Gasteiger partial charge is 0.450 e. The lowest BCUT2D eigenvalue weighted by molar-refractivity contribution is 0.0698. The first kappa shape index (κ1) is 30.1. The molecular weight excluding hydrogens is 566 g/mol. The van der Waals surface area contributed by atoms with Crippen molar-refractivity contribution in [3.8, 4) is 0 Å². The summed E-state index contributed by atoms with van der Waals surface area (Å²) in [7, 11) is -4.16. The molecule has 1 aliphatic heterocycles. The van der Waals surface area contributed by atoms with Crippen molar-refractivity contribution < 1.29 is 27.9 Å². The molecule has 1 aliphatic rings. The summed E-state index contributed by atoms with van der Waals surface area (Å²) in [5.74, 6) is -0.832. The molecule has 2 amide bonds. The number of benzene rings is 4. The number of nitrogens with zero attached hydrogens (tertiary/aromatic N) is 2. The molecule has 4 aromatic carbocycles. The minimum Gasteiger partial charge on any atom is -0.450 e. The van der Waals surface area contributed by atoms with Crippen molar-refractivity contribution in [3.05, 3.63) is 102 Å². The highest BCUT2D eigenvalue weighted by Crippen LogP contribution is 2.36. The van der Waals surface area contributed by atoms with Crippen LogP contribution in [-0.4, -0.2) is 62.8 Å². The SMILES string of the molecule is CCOC(=O)N1CCC(N(c2ccc(NC(=O)c3ccccc3C)cc2)S(=O)(=O)c2cccc3ccccc23)C(CO)C1. The second-order valence-electron chi connectivity index (χ2n) is 10.5. The molecule has 224 valence electrons. The Balaban J connectivity index is 1.53. The van der Waals surface area contributed by atoms with Gasteiger partial charge in [0.2, 0.25) is 0 Å². The zero-order valence-electron chi connectivity index (χ0n) is 24.1. The Labute approximate surface area is 251 Å². The number of likely N-dealkylation sites (tertiary alicyclic amines) is 1. The number of aryl methyl sites for hydroxylation is 1. The Hall–Kier alpha value is -4.41. The highest BCUT2D eigenvalue weighted by atomic mass is 32.2. The summed E-state index contributed by atoms with van der Waals surface area (Å²) in [5, 5.41) is 14.7. The first-order valence-corrected chi connectivity index (χ1v) is 15.7. The van der Waals surface area contributed by atoms with Crippen LogP contribution in [0.3, 0.4) is 0 Å². The van der Waals surface area contributed by atoms with Gasteiger partial charge < -0.3 is 20.1 Å². The van der Waals surface area contributed by atoms with Crippen LogP contribution in [0.5, 0.6) is 0 Å². The number of piperidine rings is 1. The van der Waals surface area contributed by atoms with Gasteiger partial charge in [0.15, 0.2) is 0 Å². The van der Waals surface area contributed by atoms with E-state index >= 15 is 0 Å². The number of carbonyl (C=O) groups is 2. The maximum absolute atomic E-state index is 14.6. The normalized spacial score (nSPS) is 17.0. The number of hydrogen-bond acceptors (Lipinski definition) is 6. The van der Waals surface area contributed by atoms with Crippen molar-refractivity contribution in [2.45, 2.75) is 31.2 Å². The molecule has 0 aliphatic carbocycles. The number of amides is 2. The second kappa shape index (κ2) is 12.8. The summed E-state index contributed by atoms with van der Waals surface area (Å²) < 4.78 is 35.7. The van der Waals surface area contributed by atoms with Crippen LogP contribution < -0.4 is 9.62 Å². The van der Waals surface area contributed by atoms with E-state index in [2.05, 4.69) is 5.32 Å². The second-order valence-corrected chi connectivity index (χ2v) is 12.3. The summed E-state index contributed by atoms with van der Waals surface area (Å²) in [6.45, 7) is 3.89. The monoisotopic (exact) mass is 601 g/mol. The minimum absolute atomic E-state index is 0.145. The molecule has 9 nitrogen and oxygen atoms in total. The predicted molar refractivity (Wildman–Crippen MR) is 167 cm³/mol. The fourth-order valence-electron chi connectivity index (χ4n) is 5.64. The van der Waals surface area contributed by atoms with Crippen molar-refractivity contribution in [1.82, 2.24) is 4.90 Å². The van der Waals surface area contributed by atoms with Gasteiger partial charge in [-0.15, -0.1) is 0 Å². The number of nitrogens with one attached hydrogen (secondary N) is 1. The molecule has 1 fully saturated rings. The molecule has 43 heavy (non-hydrogen) atoms. The molecule has 5 rings (SSSR count). The average molecular weight is 602 g/mol. The highest BCUT2D eigenvalue weighted by molar-refractivity contribution is 7.93. The van der Waals surface area contributed by atoms with E-state index < -0.39 is 28.1 Å². The van der Waals surface area contributed by atoms with Crippen LogP contribution in [-0.2, 0) is 14.8 Å². The molecule has 0 saturated carbocycles. The Morgan fingerprint density at radius 1 is 0.977 bits per heavy atom. The maximum atomic E-state index is 14.6. The van der Waals surface area contributed by atoms with Crippen molar-refractivity contribution in [2.24, 2.45) is 5.92 Å². The summed E-state index contributed by atoms with van der Waals surface area (Å²) in [6, 6.07) is 25.7. The Morgan fingerprint density at radius 3 is 2.40 bits per heavy atom. The molecule has 0 bridgehead atoms. The summed E-state index contributed by atoms with van der Waals surface area (Å²) in [6.07, 6.45) is -0.198. The number of sulfonamides is 1. The van der Waals surface area contributed by atoms with Crippen LogP contribution in [0.15, 0.2) is 95.9 Å². The smallest absolute Gasteiger partial charge is 0.409 e. The third-order valence-electron chi connectivity index (χ3n) is 7.81. The van der Waals surface area contributed by atoms with E-state index in [1.165, 1.54) is 9.21 Å². The van der Waals surface area contributed by atoms with E-state index in [1.54, 1.807) is 67.6 Å². The highest BCUT2D eigenvalue weighted by Gasteiger charge is 2.41. The van der Waals surface area contributed by atoms with Gasteiger partial charge in [-0.25, -0.2) is 13.2 Å². The van der Waals surface area contributed by atoms with Crippen LogP contribution in [0.2, 0.25) is 0 Å². The van der Waals surface area contributed by atoms with E-state index in [1.807, 2.05) is 37.3 Å². The van der Waals surface area contributed by atoms with Gasteiger partial charge in [0.25, 0.3) is 15.9 Å². The zero-order valence-corrected chi connectivity index (χ0v) is 25.0. The lowest BCUT2D eigenvalue weighted by Crippen LogP contribution is -2.55. The number of rotatable bonds is 8. The van der Waals surface area contributed by atoms with Gasteiger partial charge in [0.05, 0.1) is 23.2 Å². The number of fused-ring (bicyclic) bond motifs is 1. The first-order valence-electron chi connectivity index (χ1n) is 14.3. The van der Waals surface area contributed by atoms with Gasteiger partial charge in [-0.3, -0.25) is 9.10 Å². The van der Waals surface area contributed by atoms with Crippen molar-refractivity contribution in [2.75, 3.05) is 35.9 Å². The van der Waals surface area contributed by atoms with Gasteiger partial charge in [-0.2, -0.15) is 0 Å². The first-order chi connectivity index (χ1) is 20.7. The van der Waals surface area contributed by atoms with Crippen LogP contribution in [0.4, 0.5) is 16.2 Å². The molecule has 4 aromatic rings. The fourth-order valence-corrected chi connectivity index (χ4v) is 7.60. The molecule has 0 spiro atoms. The summed E-state index contributed by atoms with van der Waals surface area (Å²) >= 11 is 0. The molecule has 10 heteroatoms. The van der Waals surface area contributed by atoms with Crippen molar-refractivity contribution in [3.63, 3.8) is 0 Å². The van der Waals surface area contributed by atoms with E-state index in [9.17, 15) is 23.1 Å². The molecule has 2 atom stereocenters.